The number of likely N-dealkylation sites (tertiary alicyclic amines) is 1. The van der Waals surface area contributed by atoms with Crippen LogP contribution in [-0.2, 0) is 4.79 Å². The first-order valence-electron chi connectivity index (χ1n) is 6.73. The summed E-state index contributed by atoms with van der Waals surface area (Å²) in [5.41, 5.74) is 1.25. The molecule has 1 heterocycles. The second-order valence-electron chi connectivity index (χ2n) is 5.06. The lowest BCUT2D eigenvalue weighted by Gasteiger charge is -2.32. The Hall–Kier alpha value is -1.86. The van der Waals surface area contributed by atoms with Gasteiger partial charge in [-0.25, -0.2) is 0 Å². The molecular weight excluding hydrogens is 238 g/mol. The first-order valence-corrected chi connectivity index (χ1v) is 6.73. The Labute approximate surface area is 114 Å². The van der Waals surface area contributed by atoms with E-state index >= 15 is 0 Å². The van der Waals surface area contributed by atoms with Crippen LogP contribution in [0, 0.1) is 11.3 Å². The highest BCUT2D eigenvalue weighted by atomic mass is 16.2. The van der Waals surface area contributed by atoms with Crippen LogP contribution in [-0.4, -0.2) is 29.9 Å². The molecule has 1 saturated heterocycles. The van der Waals surface area contributed by atoms with E-state index in [9.17, 15) is 4.79 Å². The van der Waals surface area contributed by atoms with Gasteiger partial charge in [-0.15, -0.1) is 0 Å². The fourth-order valence-electron chi connectivity index (χ4n) is 2.44. The van der Waals surface area contributed by atoms with Gasteiger partial charge in [0.1, 0.15) is 0 Å². The van der Waals surface area contributed by atoms with Gasteiger partial charge in [0.05, 0.1) is 18.2 Å². The van der Waals surface area contributed by atoms with Gasteiger partial charge in [0.25, 0.3) is 0 Å². The maximum absolute atomic E-state index is 12.0. The summed E-state index contributed by atoms with van der Waals surface area (Å²) in [6, 6.07) is 9.54. The predicted octanol–water partition coefficient (Wildman–Crippen LogP) is 2.37. The minimum absolute atomic E-state index is 0.0103. The van der Waals surface area contributed by atoms with Gasteiger partial charge < -0.3 is 5.32 Å². The van der Waals surface area contributed by atoms with Gasteiger partial charge in [-0.1, -0.05) is 12.5 Å². The Morgan fingerprint density at radius 2 is 2.37 bits per heavy atom. The van der Waals surface area contributed by atoms with Crippen LogP contribution in [0.1, 0.15) is 31.7 Å². The SMILES string of the molecule is C[C@@H]1CCCCN1CC(=O)Nc1cccc(C#N)c1. The number of nitriles is 1. The van der Waals surface area contributed by atoms with Gasteiger partial charge in [0, 0.05) is 11.7 Å². The number of benzene rings is 1. The predicted molar refractivity (Wildman–Crippen MR) is 74.7 cm³/mol. The number of piperidine rings is 1. The highest BCUT2D eigenvalue weighted by Gasteiger charge is 2.20. The van der Waals surface area contributed by atoms with Crippen LogP contribution in [0.25, 0.3) is 0 Å². The molecule has 0 radical (unpaired) electrons. The topological polar surface area (TPSA) is 56.1 Å². The van der Waals surface area contributed by atoms with Crippen molar-refractivity contribution in [2.45, 2.75) is 32.2 Å². The third-order valence-corrected chi connectivity index (χ3v) is 3.56. The number of nitrogens with one attached hydrogen (secondary N) is 1. The molecule has 1 aromatic carbocycles. The van der Waals surface area contributed by atoms with Crippen LogP contribution in [0.2, 0.25) is 0 Å². The molecule has 1 aliphatic rings. The normalized spacial score (nSPS) is 19.7. The molecular formula is C15H19N3O. The average molecular weight is 257 g/mol. The standard InChI is InChI=1S/C15H19N3O/c1-12-5-2-3-8-18(12)11-15(19)17-14-7-4-6-13(9-14)10-16/h4,6-7,9,12H,2-3,5,8,11H2,1H3,(H,17,19)/t12-/m1/s1. The van der Waals surface area contributed by atoms with Crippen molar-refractivity contribution >= 4 is 11.6 Å². The van der Waals surface area contributed by atoms with Gasteiger partial charge >= 0.3 is 0 Å². The molecule has 0 aromatic heterocycles. The number of amides is 1. The first kappa shape index (κ1) is 13.6. The van der Waals surface area contributed by atoms with Crippen molar-refractivity contribution < 1.29 is 4.79 Å². The quantitative estimate of drug-likeness (QED) is 0.904. The monoisotopic (exact) mass is 257 g/mol. The second kappa shape index (κ2) is 6.35. The van der Waals surface area contributed by atoms with Crippen molar-refractivity contribution in [1.82, 2.24) is 4.90 Å². The zero-order valence-electron chi connectivity index (χ0n) is 11.2. The molecule has 2 rings (SSSR count). The van der Waals surface area contributed by atoms with E-state index < -0.39 is 0 Å². The van der Waals surface area contributed by atoms with Crippen molar-refractivity contribution in [3.63, 3.8) is 0 Å². The average Bonchev–Trinajstić information content (AvgIpc) is 2.41. The second-order valence-corrected chi connectivity index (χ2v) is 5.06. The lowest BCUT2D eigenvalue weighted by Crippen LogP contribution is -2.42. The lowest BCUT2D eigenvalue weighted by atomic mass is 10.0. The molecule has 1 atom stereocenters. The number of hydrogen-bond acceptors (Lipinski definition) is 3. The fourth-order valence-corrected chi connectivity index (χ4v) is 2.44. The summed E-state index contributed by atoms with van der Waals surface area (Å²) in [6.07, 6.45) is 3.59. The first-order chi connectivity index (χ1) is 9.19. The van der Waals surface area contributed by atoms with Gasteiger partial charge in [0.15, 0.2) is 0 Å². The molecule has 0 bridgehead atoms. The summed E-state index contributed by atoms with van der Waals surface area (Å²) in [6.45, 7) is 3.59. The van der Waals surface area contributed by atoms with Crippen molar-refractivity contribution in [1.29, 1.82) is 5.26 Å². The number of nitrogens with zero attached hydrogens (tertiary/aromatic N) is 2. The molecule has 1 fully saturated rings. The Morgan fingerprint density at radius 1 is 1.53 bits per heavy atom. The van der Waals surface area contributed by atoms with Crippen LogP contribution in [0.3, 0.4) is 0 Å². The zero-order chi connectivity index (χ0) is 13.7. The molecule has 0 spiro atoms. The van der Waals surface area contributed by atoms with Crippen LogP contribution in [0.4, 0.5) is 5.69 Å². The van der Waals surface area contributed by atoms with E-state index in [1.807, 2.05) is 0 Å². The minimum atomic E-state index is -0.0103. The largest absolute Gasteiger partial charge is 0.325 e. The molecule has 19 heavy (non-hydrogen) atoms. The molecule has 0 aliphatic carbocycles. The smallest absolute Gasteiger partial charge is 0.238 e. The molecule has 1 amide bonds. The number of carbonyl (C=O) groups excluding carboxylic acids is 1. The van der Waals surface area contributed by atoms with Crippen molar-refractivity contribution in [3.8, 4) is 6.07 Å². The summed E-state index contributed by atoms with van der Waals surface area (Å²) in [7, 11) is 0. The van der Waals surface area contributed by atoms with E-state index in [-0.39, 0.29) is 5.91 Å². The summed E-state index contributed by atoms with van der Waals surface area (Å²) < 4.78 is 0. The summed E-state index contributed by atoms with van der Waals surface area (Å²) in [5, 5.41) is 11.7. The van der Waals surface area contributed by atoms with E-state index in [0.717, 1.165) is 13.0 Å². The third-order valence-electron chi connectivity index (χ3n) is 3.56. The molecule has 1 aliphatic heterocycles. The molecule has 0 saturated carbocycles. The Kier molecular flexibility index (Phi) is 4.53. The molecule has 4 nitrogen and oxygen atoms in total. The summed E-state index contributed by atoms with van der Waals surface area (Å²) in [4.78, 5) is 14.2. The van der Waals surface area contributed by atoms with E-state index in [1.165, 1.54) is 12.8 Å². The van der Waals surface area contributed by atoms with E-state index in [2.05, 4.69) is 23.2 Å². The summed E-state index contributed by atoms with van der Waals surface area (Å²) >= 11 is 0. The van der Waals surface area contributed by atoms with E-state index in [4.69, 9.17) is 5.26 Å². The molecule has 1 aromatic rings. The fraction of sp³-hybridized carbons (Fsp3) is 0.467. The summed E-state index contributed by atoms with van der Waals surface area (Å²) in [5.74, 6) is -0.0103. The van der Waals surface area contributed by atoms with E-state index in [0.29, 0.717) is 23.8 Å². The number of carbonyl (C=O) groups is 1. The highest BCUT2D eigenvalue weighted by Crippen LogP contribution is 2.16. The lowest BCUT2D eigenvalue weighted by molar-refractivity contribution is -0.118. The van der Waals surface area contributed by atoms with Crippen LogP contribution >= 0.6 is 0 Å². The zero-order valence-corrected chi connectivity index (χ0v) is 11.2. The van der Waals surface area contributed by atoms with Crippen molar-refractivity contribution in [2.24, 2.45) is 0 Å². The maximum Gasteiger partial charge on any atom is 0.238 e. The number of rotatable bonds is 3. The minimum Gasteiger partial charge on any atom is -0.325 e. The molecule has 1 N–H and O–H groups in total. The Morgan fingerprint density at radius 3 is 3.11 bits per heavy atom. The van der Waals surface area contributed by atoms with Crippen molar-refractivity contribution in [3.05, 3.63) is 29.8 Å². The van der Waals surface area contributed by atoms with Crippen LogP contribution in [0.5, 0.6) is 0 Å². The van der Waals surface area contributed by atoms with Crippen LogP contribution < -0.4 is 5.32 Å². The molecule has 0 unspecified atom stereocenters. The number of anilines is 1. The highest BCUT2D eigenvalue weighted by molar-refractivity contribution is 5.92. The Bertz CT molecular complexity index is 492. The van der Waals surface area contributed by atoms with Gasteiger partial charge in [-0.2, -0.15) is 5.26 Å². The number of hydrogen-bond donors (Lipinski definition) is 1. The van der Waals surface area contributed by atoms with Gasteiger partial charge in [0.2, 0.25) is 5.91 Å². The maximum atomic E-state index is 12.0. The molecule has 4 heteroatoms. The van der Waals surface area contributed by atoms with E-state index in [1.54, 1.807) is 24.3 Å². The molecule has 100 valence electrons. The van der Waals surface area contributed by atoms with Gasteiger partial charge in [-0.3, -0.25) is 9.69 Å². The Balaban J connectivity index is 1.91. The van der Waals surface area contributed by atoms with Gasteiger partial charge in [-0.05, 0) is 44.5 Å². The third kappa shape index (κ3) is 3.80. The van der Waals surface area contributed by atoms with Crippen molar-refractivity contribution in [2.75, 3.05) is 18.4 Å². The van der Waals surface area contributed by atoms with Crippen LogP contribution in [0.15, 0.2) is 24.3 Å².